The lowest BCUT2D eigenvalue weighted by Crippen LogP contribution is -1.82. The van der Waals surface area contributed by atoms with Gasteiger partial charge in [-0.2, -0.15) is 0 Å². The Hall–Kier alpha value is -0.260. The largest absolute Gasteiger partial charge is 0.103 e. The van der Waals surface area contributed by atoms with E-state index in [1.165, 1.54) is 38.5 Å². The van der Waals surface area contributed by atoms with Crippen molar-refractivity contribution in [2.45, 2.75) is 38.5 Å². The van der Waals surface area contributed by atoms with E-state index in [9.17, 15) is 0 Å². The van der Waals surface area contributed by atoms with Gasteiger partial charge in [-0.05, 0) is 30.6 Å². The minimum absolute atomic E-state index is 0.897. The van der Waals surface area contributed by atoms with Crippen LogP contribution in [0.3, 0.4) is 0 Å². The van der Waals surface area contributed by atoms with Crippen LogP contribution in [0.25, 0.3) is 0 Å². The second-order valence-electron chi connectivity index (χ2n) is 4.27. The fourth-order valence-corrected chi connectivity index (χ4v) is 1.97. The molecule has 0 spiro atoms. The van der Waals surface area contributed by atoms with Gasteiger partial charge in [-0.1, -0.05) is 31.8 Å². The van der Waals surface area contributed by atoms with E-state index in [4.69, 9.17) is 0 Å². The van der Waals surface area contributed by atoms with Crippen LogP contribution in [0.5, 0.6) is 0 Å². The highest BCUT2D eigenvalue weighted by Crippen LogP contribution is 2.44. The minimum atomic E-state index is 0.897. The van der Waals surface area contributed by atoms with Crippen LogP contribution in [0.4, 0.5) is 0 Å². The predicted octanol–water partition coefficient (Wildman–Crippen LogP) is 3.39. The smallest absolute Gasteiger partial charge is 0.0205 e. The van der Waals surface area contributed by atoms with Gasteiger partial charge in [0.2, 0.25) is 0 Å². The molecule has 2 aliphatic rings. The van der Waals surface area contributed by atoms with Gasteiger partial charge >= 0.3 is 0 Å². The molecule has 2 fully saturated rings. The molecular formula is C11H18. The Kier molecular flexibility index (Phi) is 2.02. The highest BCUT2D eigenvalue weighted by molar-refractivity contribution is 4.97. The monoisotopic (exact) mass is 150 g/mol. The van der Waals surface area contributed by atoms with Crippen LogP contribution in [0, 0.1) is 17.8 Å². The topological polar surface area (TPSA) is 0 Å². The van der Waals surface area contributed by atoms with E-state index in [1.807, 2.05) is 0 Å². The van der Waals surface area contributed by atoms with E-state index in [2.05, 4.69) is 12.7 Å². The summed E-state index contributed by atoms with van der Waals surface area (Å²) in [7, 11) is 0. The maximum Gasteiger partial charge on any atom is -0.0205 e. The van der Waals surface area contributed by atoms with E-state index >= 15 is 0 Å². The van der Waals surface area contributed by atoms with Crippen LogP contribution in [-0.4, -0.2) is 0 Å². The summed E-state index contributed by atoms with van der Waals surface area (Å²) in [5, 5.41) is 0. The molecule has 0 aromatic heterocycles. The standard InChI is InChI=1S/C11H18/c1-2-10-8-11(10)5-3-4-9-6-7-9/h2,9-11H,1,3-8H2. The molecule has 0 aliphatic heterocycles. The van der Waals surface area contributed by atoms with Crippen LogP contribution in [0.15, 0.2) is 12.7 Å². The lowest BCUT2D eigenvalue weighted by Gasteiger charge is -1.96. The van der Waals surface area contributed by atoms with Crippen molar-refractivity contribution in [1.29, 1.82) is 0 Å². The molecule has 2 atom stereocenters. The zero-order valence-electron chi connectivity index (χ0n) is 7.26. The van der Waals surface area contributed by atoms with Gasteiger partial charge in [0, 0.05) is 0 Å². The van der Waals surface area contributed by atoms with Crippen molar-refractivity contribution in [2.75, 3.05) is 0 Å². The van der Waals surface area contributed by atoms with Crippen LogP contribution in [0.2, 0.25) is 0 Å². The molecule has 2 aliphatic carbocycles. The van der Waals surface area contributed by atoms with Crippen molar-refractivity contribution in [3.05, 3.63) is 12.7 Å². The molecule has 0 radical (unpaired) electrons. The average molecular weight is 150 g/mol. The third kappa shape index (κ3) is 2.08. The molecular weight excluding hydrogens is 132 g/mol. The van der Waals surface area contributed by atoms with E-state index in [-0.39, 0.29) is 0 Å². The van der Waals surface area contributed by atoms with Crippen LogP contribution >= 0.6 is 0 Å². The molecule has 0 aromatic rings. The molecule has 11 heavy (non-hydrogen) atoms. The van der Waals surface area contributed by atoms with Crippen molar-refractivity contribution in [3.63, 3.8) is 0 Å². The SMILES string of the molecule is C=CC1CC1CCCC1CC1. The average Bonchev–Trinajstić information content (AvgIpc) is 2.79. The van der Waals surface area contributed by atoms with Crippen molar-refractivity contribution in [1.82, 2.24) is 0 Å². The normalized spacial score (nSPS) is 35.3. The first kappa shape index (κ1) is 7.39. The summed E-state index contributed by atoms with van der Waals surface area (Å²) in [4.78, 5) is 0. The van der Waals surface area contributed by atoms with Crippen LogP contribution in [0.1, 0.15) is 38.5 Å². The fraction of sp³-hybridized carbons (Fsp3) is 0.818. The first-order valence-corrected chi connectivity index (χ1v) is 5.02. The second kappa shape index (κ2) is 3.00. The van der Waals surface area contributed by atoms with E-state index < -0.39 is 0 Å². The summed E-state index contributed by atoms with van der Waals surface area (Å²) in [6.45, 7) is 3.83. The number of hydrogen-bond acceptors (Lipinski definition) is 0. The summed E-state index contributed by atoms with van der Waals surface area (Å²) in [5.74, 6) is 3.07. The van der Waals surface area contributed by atoms with Gasteiger partial charge in [0.15, 0.2) is 0 Å². The Bertz CT molecular complexity index is 144. The third-order valence-corrected chi connectivity index (χ3v) is 3.16. The molecule has 0 bridgehead atoms. The van der Waals surface area contributed by atoms with E-state index in [0.29, 0.717) is 0 Å². The second-order valence-corrected chi connectivity index (χ2v) is 4.27. The van der Waals surface area contributed by atoms with Gasteiger partial charge in [-0.3, -0.25) is 0 Å². The lowest BCUT2D eigenvalue weighted by atomic mass is 10.1. The van der Waals surface area contributed by atoms with Gasteiger partial charge in [0.1, 0.15) is 0 Å². The number of allylic oxidation sites excluding steroid dienone is 1. The van der Waals surface area contributed by atoms with Gasteiger partial charge in [0.05, 0.1) is 0 Å². The summed E-state index contributed by atoms with van der Waals surface area (Å²) in [5.41, 5.74) is 0. The molecule has 62 valence electrons. The van der Waals surface area contributed by atoms with Crippen LogP contribution in [-0.2, 0) is 0 Å². The molecule has 0 aromatic carbocycles. The van der Waals surface area contributed by atoms with Gasteiger partial charge in [-0.25, -0.2) is 0 Å². The lowest BCUT2D eigenvalue weighted by molar-refractivity contribution is 0.580. The molecule has 0 saturated heterocycles. The minimum Gasteiger partial charge on any atom is -0.103 e. The summed E-state index contributed by atoms with van der Waals surface area (Å²) < 4.78 is 0. The molecule has 2 rings (SSSR count). The predicted molar refractivity (Wildman–Crippen MR) is 48.4 cm³/mol. The molecule has 0 amide bonds. The van der Waals surface area contributed by atoms with Crippen molar-refractivity contribution in [3.8, 4) is 0 Å². The Balaban J connectivity index is 1.50. The maximum atomic E-state index is 3.83. The van der Waals surface area contributed by atoms with Crippen molar-refractivity contribution >= 4 is 0 Å². The summed E-state index contributed by atoms with van der Waals surface area (Å²) in [6, 6.07) is 0. The molecule has 0 N–H and O–H groups in total. The Labute approximate surface area is 69.7 Å². The van der Waals surface area contributed by atoms with Crippen LogP contribution < -0.4 is 0 Å². The third-order valence-electron chi connectivity index (χ3n) is 3.16. The molecule has 0 nitrogen and oxygen atoms in total. The highest BCUT2D eigenvalue weighted by atomic mass is 14.4. The molecule has 2 saturated carbocycles. The van der Waals surface area contributed by atoms with Gasteiger partial charge in [-0.15, -0.1) is 6.58 Å². The number of hydrogen-bond donors (Lipinski definition) is 0. The molecule has 2 unspecified atom stereocenters. The highest BCUT2D eigenvalue weighted by Gasteiger charge is 2.33. The summed E-state index contributed by atoms with van der Waals surface area (Å²) in [6.07, 6.45) is 11.1. The van der Waals surface area contributed by atoms with E-state index in [0.717, 1.165) is 17.8 Å². The van der Waals surface area contributed by atoms with E-state index in [1.54, 1.807) is 0 Å². The summed E-state index contributed by atoms with van der Waals surface area (Å²) >= 11 is 0. The Morgan fingerprint density at radius 2 is 2.09 bits per heavy atom. The Morgan fingerprint density at radius 3 is 2.64 bits per heavy atom. The molecule has 0 heterocycles. The zero-order valence-corrected chi connectivity index (χ0v) is 7.26. The Morgan fingerprint density at radius 1 is 1.27 bits per heavy atom. The van der Waals surface area contributed by atoms with Crippen molar-refractivity contribution in [2.24, 2.45) is 17.8 Å². The molecule has 0 heteroatoms. The van der Waals surface area contributed by atoms with Crippen molar-refractivity contribution < 1.29 is 0 Å². The maximum absolute atomic E-state index is 3.83. The zero-order chi connectivity index (χ0) is 7.68. The fourth-order valence-electron chi connectivity index (χ4n) is 1.97. The van der Waals surface area contributed by atoms with Gasteiger partial charge < -0.3 is 0 Å². The first-order valence-electron chi connectivity index (χ1n) is 5.02. The first-order chi connectivity index (χ1) is 5.40. The quantitative estimate of drug-likeness (QED) is 0.527. The van der Waals surface area contributed by atoms with Gasteiger partial charge in [0.25, 0.3) is 0 Å². The number of rotatable bonds is 5.